The molecule has 5 nitrogen and oxygen atoms in total. The van der Waals surface area contributed by atoms with Crippen molar-refractivity contribution in [3.05, 3.63) is 17.8 Å². The van der Waals surface area contributed by atoms with Crippen LogP contribution in [0, 0.1) is 12.8 Å². The smallest absolute Gasteiger partial charge is 0.228 e. The van der Waals surface area contributed by atoms with E-state index in [9.17, 15) is 9.59 Å². The molecule has 2 rings (SSSR count). The molecule has 1 fully saturated rings. The number of hydrogen-bond donors (Lipinski definition) is 2. The van der Waals surface area contributed by atoms with Gasteiger partial charge in [-0.2, -0.15) is 0 Å². The Labute approximate surface area is 138 Å². The molecule has 1 aliphatic rings. The quantitative estimate of drug-likeness (QED) is 0.832. The molecule has 2 N–H and O–H groups in total. The van der Waals surface area contributed by atoms with Crippen LogP contribution in [0.2, 0.25) is 0 Å². The van der Waals surface area contributed by atoms with Gasteiger partial charge in [-0.05, 0) is 37.8 Å². The Morgan fingerprint density at radius 2 is 1.96 bits per heavy atom. The van der Waals surface area contributed by atoms with Crippen molar-refractivity contribution in [3.8, 4) is 0 Å². The third-order valence-corrected chi connectivity index (χ3v) is 4.37. The van der Waals surface area contributed by atoms with Crippen molar-refractivity contribution in [2.24, 2.45) is 5.92 Å². The second kappa shape index (κ2) is 8.65. The molecule has 126 valence electrons. The monoisotopic (exact) mass is 317 g/mol. The maximum atomic E-state index is 12.2. The second-order valence-electron chi connectivity index (χ2n) is 6.36. The van der Waals surface area contributed by atoms with Crippen LogP contribution in [-0.2, 0) is 9.59 Å². The molecule has 2 amide bonds. The number of nitrogens with one attached hydrogen (secondary N) is 2. The van der Waals surface area contributed by atoms with Gasteiger partial charge in [0.15, 0.2) is 0 Å². The van der Waals surface area contributed by atoms with E-state index in [0.717, 1.165) is 44.1 Å². The highest BCUT2D eigenvalue weighted by atomic mass is 16.2. The predicted octanol–water partition coefficient (Wildman–Crippen LogP) is 4.04. The number of unbranched alkanes of at least 4 members (excludes halogenated alkanes) is 1. The van der Waals surface area contributed by atoms with Crippen molar-refractivity contribution in [1.29, 1.82) is 0 Å². The van der Waals surface area contributed by atoms with Crippen molar-refractivity contribution in [3.63, 3.8) is 0 Å². The van der Waals surface area contributed by atoms with E-state index < -0.39 is 0 Å². The first kappa shape index (κ1) is 17.4. The standard InChI is InChI=1S/C18H27N3O2/c1-3-4-10-17(22)20-15-12-19-16(11-13(15)2)21-18(23)14-8-6-5-7-9-14/h11-12,14H,3-10H2,1-2H3,(H,20,22)(H,19,21,23). The topological polar surface area (TPSA) is 71.1 Å². The molecular formula is C18H27N3O2. The Balaban J connectivity index is 1.93. The second-order valence-corrected chi connectivity index (χ2v) is 6.36. The summed E-state index contributed by atoms with van der Waals surface area (Å²) in [5.74, 6) is 0.746. The Kier molecular flexibility index (Phi) is 6.56. The zero-order valence-electron chi connectivity index (χ0n) is 14.2. The SMILES string of the molecule is CCCCC(=O)Nc1cnc(NC(=O)C2CCCCC2)cc1C. The van der Waals surface area contributed by atoms with Gasteiger partial charge in [-0.15, -0.1) is 0 Å². The Morgan fingerprint density at radius 1 is 1.22 bits per heavy atom. The molecule has 0 unspecified atom stereocenters. The van der Waals surface area contributed by atoms with E-state index in [1.807, 2.05) is 13.0 Å². The van der Waals surface area contributed by atoms with Gasteiger partial charge in [0.2, 0.25) is 11.8 Å². The van der Waals surface area contributed by atoms with E-state index in [1.165, 1.54) is 6.42 Å². The molecule has 23 heavy (non-hydrogen) atoms. The van der Waals surface area contributed by atoms with Gasteiger partial charge >= 0.3 is 0 Å². The number of aromatic nitrogens is 1. The number of anilines is 2. The molecule has 0 spiro atoms. The van der Waals surface area contributed by atoms with Crippen molar-refractivity contribution in [2.75, 3.05) is 10.6 Å². The average molecular weight is 317 g/mol. The molecule has 0 atom stereocenters. The number of hydrogen-bond acceptors (Lipinski definition) is 3. The van der Waals surface area contributed by atoms with Crippen LogP contribution in [0.4, 0.5) is 11.5 Å². The number of rotatable bonds is 6. The van der Waals surface area contributed by atoms with Crippen LogP contribution in [0.5, 0.6) is 0 Å². The minimum absolute atomic E-state index is 0.00995. The van der Waals surface area contributed by atoms with E-state index in [2.05, 4.69) is 22.5 Å². The lowest BCUT2D eigenvalue weighted by molar-refractivity contribution is -0.120. The molecule has 0 aliphatic heterocycles. The van der Waals surface area contributed by atoms with E-state index in [4.69, 9.17) is 0 Å². The molecule has 0 bridgehead atoms. The van der Waals surface area contributed by atoms with E-state index >= 15 is 0 Å². The summed E-state index contributed by atoms with van der Waals surface area (Å²) in [5.41, 5.74) is 1.62. The molecule has 1 aromatic heterocycles. The summed E-state index contributed by atoms with van der Waals surface area (Å²) in [5, 5.41) is 5.78. The fourth-order valence-corrected chi connectivity index (χ4v) is 2.90. The predicted molar refractivity (Wildman–Crippen MR) is 92.3 cm³/mol. The first-order chi connectivity index (χ1) is 11.1. The van der Waals surface area contributed by atoms with Crippen LogP contribution in [0.3, 0.4) is 0 Å². The van der Waals surface area contributed by atoms with E-state index in [1.54, 1.807) is 6.20 Å². The third kappa shape index (κ3) is 5.34. The molecule has 1 saturated carbocycles. The van der Waals surface area contributed by atoms with Crippen molar-refractivity contribution < 1.29 is 9.59 Å². The van der Waals surface area contributed by atoms with Gasteiger partial charge in [0, 0.05) is 12.3 Å². The zero-order chi connectivity index (χ0) is 16.7. The van der Waals surface area contributed by atoms with Crippen LogP contribution >= 0.6 is 0 Å². The molecule has 0 radical (unpaired) electrons. The van der Waals surface area contributed by atoms with Crippen LogP contribution in [-0.4, -0.2) is 16.8 Å². The molecule has 5 heteroatoms. The number of pyridine rings is 1. The fourth-order valence-electron chi connectivity index (χ4n) is 2.90. The first-order valence-corrected chi connectivity index (χ1v) is 8.67. The summed E-state index contributed by atoms with van der Waals surface area (Å²) >= 11 is 0. The van der Waals surface area contributed by atoms with Gasteiger partial charge < -0.3 is 10.6 Å². The highest BCUT2D eigenvalue weighted by molar-refractivity contribution is 5.93. The molecule has 0 aromatic carbocycles. The summed E-state index contributed by atoms with van der Waals surface area (Å²) < 4.78 is 0. The molecule has 0 saturated heterocycles. The van der Waals surface area contributed by atoms with Crippen LogP contribution in [0.1, 0.15) is 63.9 Å². The van der Waals surface area contributed by atoms with E-state index in [0.29, 0.717) is 17.9 Å². The van der Waals surface area contributed by atoms with Crippen LogP contribution in [0.15, 0.2) is 12.3 Å². The van der Waals surface area contributed by atoms with E-state index in [-0.39, 0.29) is 17.7 Å². The Morgan fingerprint density at radius 3 is 2.61 bits per heavy atom. The minimum Gasteiger partial charge on any atom is -0.325 e. The fraction of sp³-hybridized carbons (Fsp3) is 0.611. The van der Waals surface area contributed by atoms with Gasteiger partial charge in [0.25, 0.3) is 0 Å². The number of aryl methyl sites for hydroxylation is 1. The maximum absolute atomic E-state index is 12.2. The van der Waals surface area contributed by atoms with Crippen molar-refractivity contribution in [2.45, 2.75) is 65.2 Å². The lowest BCUT2D eigenvalue weighted by Crippen LogP contribution is -2.25. The maximum Gasteiger partial charge on any atom is 0.228 e. The summed E-state index contributed by atoms with van der Waals surface area (Å²) in [4.78, 5) is 28.3. The molecule has 1 heterocycles. The highest BCUT2D eigenvalue weighted by Crippen LogP contribution is 2.25. The van der Waals surface area contributed by atoms with Gasteiger partial charge in [0.1, 0.15) is 5.82 Å². The summed E-state index contributed by atoms with van der Waals surface area (Å²) in [7, 11) is 0. The lowest BCUT2D eigenvalue weighted by atomic mass is 9.89. The average Bonchev–Trinajstić information content (AvgIpc) is 2.56. The summed E-state index contributed by atoms with van der Waals surface area (Å²) in [6, 6.07) is 1.82. The number of nitrogens with zero attached hydrogens (tertiary/aromatic N) is 1. The Hall–Kier alpha value is -1.91. The zero-order valence-corrected chi connectivity index (χ0v) is 14.2. The molecular weight excluding hydrogens is 290 g/mol. The van der Waals surface area contributed by atoms with Crippen LogP contribution < -0.4 is 10.6 Å². The van der Waals surface area contributed by atoms with Gasteiger partial charge in [-0.25, -0.2) is 4.98 Å². The number of amides is 2. The van der Waals surface area contributed by atoms with Gasteiger partial charge in [-0.1, -0.05) is 32.6 Å². The minimum atomic E-state index is 0.00995. The summed E-state index contributed by atoms with van der Waals surface area (Å²) in [6.07, 6.45) is 9.46. The first-order valence-electron chi connectivity index (χ1n) is 8.67. The van der Waals surface area contributed by atoms with Gasteiger partial charge in [-0.3, -0.25) is 9.59 Å². The molecule has 1 aliphatic carbocycles. The number of carbonyl (C=O) groups excluding carboxylic acids is 2. The highest BCUT2D eigenvalue weighted by Gasteiger charge is 2.21. The number of carbonyl (C=O) groups is 2. The van der Waals surface area contributed by atoms with Gasteiger partial charge in [0.05, 0.1) is 11.9 Å². The van der Waals surface area contributed by atoms with Crippen LogP contribution in [0.25, 0.3) is 0 Å². The molecule has 1 aromatic rings. The normalized spacial score (nSPS) is 15.2. The van der Waals surface area contributed by atoms with Crippen molar-refractivity contribution >= 4 is 23.3 Å². The lowest BCUT2D eigenvalue weighted by Gasteiger charge is -2.20. The largest absolute Gasteiger partial charge is 0.325 e. The third-order valence-electron chi connectivity index (χ3n) is 4.37. The Bertz CT molecular complexity index is 551. The summed E-state index contributed by atoms with van der Waals surface area (Å²) in [6.45, 7) is 3.97. The van der Waals surface area contributed by atoms with Crippen molar-refractivity contribution in [1.82, 2.24) is 4.98 Å².